The van der Waals surface area contributed by atoms with E-state index in [1.54, 1.807) is 4.57 Å². The van der Waals surface area contributed by atoms with Crippen molar-refractivity contribution < 1.29 is 32.0 Å². The van der Waals surface area contributed by atoms with Crippen LogP contribution in [0.25, 0.3) is 11.2 Å². The molecule has 4 N–H and O–H groups in total. The highest BCUT2D eigenvalue weighted by Crippen LogP contribution is 2.46. The second kappa shape index (κ2) is 10.7. The lowest BCUT2D eigenvalue weighted by Gasteiger charge is -2.30. The first-order valence-electron chi connectivity index (χ1n) is 11.9. The van der Waals surface area contributed by atoms with Crippen LogP contribution in [-0.4, -0.2) is 70.0 Å². The van der Waals surface area contributed by atoms with Crippen LogP contribution in [0.4, 0.5) is 5.82 Å². The molecule has 2 aromatic heterocycles. The van der Waals surface area contributed by atoms with E-state index >= 15 is 0 Å². The van der Waals surface area contributed by atoms with Gasteiger partial charge >= 0.3 is 10.3 Å². The van der Waals surface area contributed by atoms with Gasteiger partial charge in [-0.05, 0) is 6.42 Å². The number of nitrogen functional groups attached to an aromatic ring is 1. The summed E-state index contributed by atoms with van der Waals surface area (Å²) in [6, 6.07) is 0. The van der Waals surface area contributed by atoms with E-state index in [1.165, 1.54) is 31.9 Å². The van der Waals surface area contributed by atoms with E-state index in [1.807, 2.05) is 4.72 Å². The van der Waals surface area contributed by atoms with Crippen molar-refractivity contribution in [3.8, 4) is 0 Å². The molecule has 0 aromatic carbocycles. The van der Waals surface area contributed by atoms with Gasteiger partial charge in [-0.2, -0.15) is 8.42 Å². The summed E-state index contributed by atoms with van der Waals surface area (Å²) in [4.78, 5) is 24.3. The van der Waals surface area contributed by atoms with Crippen molar-refractivity contribution in [2.75, 3.05) is 18.9 Å². The minimum absolute atomic E-state index is 0.0828. The summed E-state index contributed by atoms with van der Waals surface area (Å²) >= 11 is 0. The standard InChI is InChI=1S/C21H32N6O7S/c1-2-3-4-5-6-7-8-9-14(28)26-35(30,31)33-11-21-10-32-16(17(21)29)20(34-21)27-13-25-15-18(22)23-12-24-19(15)27/h12-13,16-17,20,29H,2-11H2,1H3,(H,26,28)(H2,22,23,24)/t16-,17+,20-,21-/m1/s1. The Balaban J connectivity index is 1.30. The van der Waals surface area contributed by atoms with Crippen LogP contribution >= 0.6 is 0 Å². The quantitative estimate of drug-likeness (QED) is 0.325. The molecule has 2 fully saturated rings. The third kappa shape index (κ3) is 5.56. The SMILES string of the molecule is CCCCCCCCCC(=O)NS(=O)(=O)OC[C@@]12CO[C@@H]([C@H](n3cnc4c(N)ncnc43)O1)[C@@H]2O. The van der Waals surface area contributed by atoms with Gasteiger partial charge in [-0.1, -0.05) is 45.4 Å². The molecule has 0 spiro atoms. The van der Waals surface area contributed by atoms with Gasteiger partial charge in [0, 0.05) is 6.42 Å². The van der Waals surface area contributed by atoms with Crippen molar-refractivity contribution in [3.05, 3.63) is 12.7 Å². The number of hydrogen-bond donors (Lipinski definition) is 3. The highest BCUT2D eigenvalue weighted by molar-refractivity contribution is 7.85. The zero-order chi connectivity index (χ0) is 25.1. The highest BCUT2D eigenvalue weighted by Gasteiger charge is 2.62. The van der Waals surface area contributed by atoms with E-state index in [2.05, 4.69) is 21.9 Å². The number of carbonyl (C=O) groups is 1. The number of nitrogens with one attached hydrogen (secondary N) is 1. The van der Waals surface area contributed by atoms with Crippen LogP contribution in [0.15, 0.2) is 12.7 Å². The maximum absolute atomic E-state index is 12.3. The Labute approximate surface area is 203 Å². The van der Waals surface area contributed by atoms with Gasteiger partial charge in [-0.25, -0.2) is 19.7 Å². The van der Waals surface area contributed by atoms with Gasteiger partial charge in [-0.15, -0.1) is 0 Å². The molecule has 4 rings (SSSR count). The molecule has 2 saturated heterocycles. The van der Waals surface area contributed by atoms with Gasteiger partial charge in [0.2, 0.25) is 5.91 Å². The zero-order valence-electron chi connectivity index (χ0n) is 19.6. The predicted octanol–water partition coefficient (Wildman–Crippen LogP) is 0.954. The average molecular weight is 513 g/mol. The first-order chi connectivity index (χ1) is 16.8. The first kappa shape index (κ1) is 25.7. The molecular weight excluding hydrogens is 480 g/mol. The van der Waals surface area contributed by atoms with E-state index in [9.17, 15) is 18.3 Å². The first-order valence-corrected chi connectivity index (χ1v) is 13.3. The molecule has 4 heterocycles. The fourth-order valence-corrected chi connectivity index (χ4v) is 5.23. The number of aliphatic hydroxyl groups excluding tert-OH is 1. The monoisotopic (exact) mass is 512 g/mol. The van der Waals surface area contributed by atoms with Gasteiger partial charge in [0.1, 0.15) is 36.3 Å². The van der Waals surface area contributed by atoms with Crippen LogP contribution < -0.4 is 10.5 Å². The van der Waals surface area contributed by atoms with Crippen LogP contribution in [0, 0.1) is 0 Å². The Morgan fingerprint density at radius 3 is 2.77 bits per heavy atom. The number of hydrogen-bond acceptors (Lipinski definition) is 11. The van der Waals surface area contributed by atoms with Crippen molar-refractivity contribution in [2.45, 2.75) is 82.3 Å². The second-order valence-corrected chi connectivity index (χ2v) is 10.3. The molecule has 2 bridgehead atoms. The van der Waals surface area contributed by atoms with Crippen molar-refractivity contribution in [1.82, 2.24) is 24.2 Å². The number of imidazole rings is 1. The van der Waals surface area contributed by atoms with E-state index in [0.29, 0.717) is 17.6 Å². The maximum atomic E-state index is 12.3. The largest absolute Gasteiger partial charge is 0.387 e. The number of aromatic nitrogens is 4. The molecule has 194 valence electrons. The number of ether oxygens (including phenoxy) is 2. The lowest BCUT2D eigenvalue weighted by Crippen LogP contribution is -2.47. The number of fused-ring (bicyclic) bond motifs is 3. The summed E-state index contributed by atoms with van der Waals surface area (Å²) in [6.45, 7) is 1.53. The second-order valence-electron chi connectivity index (χ2n) is 8.99. The molecule has 0 unspecified atom stereocenters. The van der Waals surface area contributed by atoms with Gasteiger partial charge in [0.15, 0.2) is 17.7 Å². The smallest absolute Gasteiger partial charge is 0.362 e. The fourth-order valence-electron chi connectivity index (χ4n) is 4.44. The molecule has 13 nitrogen and oxygen atoms in total. The minimum atomic E-state index is -4.39. The van der Waals surface area contributed by atoms with Crippen molar-refractivity contribution in [2.24, 2.45) is 0 Å². The van der Waals surface area contributed by atoms with Gasteiger partial charge < -0.3 is 20.3 Å². The summed E-state index contributed by atoms with van der Waals surface area (Å²) in [6.07, 6.45) is 7.11. The molecule has 0 aliphatic carbocycles. The van der Waals surface area contributed by atoms with Gasteiger partial charge in [0.05, 0.1) is 12.9 Å². The lowest BCUT2D eigenvalue weighted by atomic mass is 10.0. The van der Waals surface area contributed by atoms with Crippen LogP contribution in [0.3, 0.4) is 0 Å². The van der Waals surface area contributed by atoms with Crippen molar-refractivity contribution in [3.63, 3.8) is 0 Å². The predicted molar refractivity (Wildman–Crippen MR) is 124 cm³/mol. The number of unbranched alkanes of at least 4 members (excludes halogenated alkanes) is 6. The minimum Gasteiger partial charge on any atom is -0.387 e. The number of nitrogens with zero attached hydrogens (tertiary/aromatic N) is 4. The molecule has 2 aromatic rings. The van der Waals surface area contributed by atoms with Gasteiger partial charge in [0.25, 0.3) is 0 Å². The number of rotatable bonds is 13. The van der Waals surface area contributed by atoms with Crippen LogP contribution in [0.1, 0.15) is 64.5 Å². The number of carbonyl (C=O) groups excluding carboxylic acids is 1. The Bertz CT molecular complexity index is 1140. The normalized spacial score (nSPS) is 25.9. The maximum Gasteiger partial charge on any atom is 0.362 e. The molecule has 14 heteroatoms. The lowest BCUT2D eigenvalue weighted by molar-refractivity contribution is -0.182. The molecular formula is C21H32N6O7S. The molecule has 4 atom stereocenters. The summed E-state index contributed by atoms with van der Waals surface area (Å²) < 4.78 is 44.8. The molecule has 0 saturated carbocycles. The number of anilines is 1. The van der Waals surface area contributed by atoms with Crippen molar-refractivity contribution in [1.29, 1.82) is 0 Å². The number of aliphatic hydroxyl groups is 1. The Morgan fingerprint density at radius 2 is 2.00 bits per heavy atom. The average Bonchev–Trinajstić information content (AvgIpc) is 3.47. The number of nitrogens with two attached hydrogens (primary N) is 1. The molecule has 1 amide bonds. The Kier molecular flexibility index (Phi) is 7.86. The highest BCUT2D eigenvalue weighted by atomic mass is 32.2. The number of amides is 1. The molecule has 35 heavy (non-hydrogen) atoms. The summed E-state index contributed by atoms with van der Waals surface area (Å²) in [5.41, 5.74) is 5.13. The van der Waals surface area contributed by atoms with Crippen LogP contribution in [-0.2, 0) is 28.8 Å². The topological polar surface area (TPSA) is 181 Å². The van der Waals surface area contributed by atoms with Gasteiger partial charge in [-0.3, -0.25) is 13.5 Å². The Morgan fingerprint density at radius 1 is 1.26 bits per heavy atom. The molecule has 2 aliphatic rings. The zero-order valence-corrected chi connectivity index (χ0v) is 20.4. The van der Waals surface area contributed by atoms with Crippen molar-refractivity contribution >= 4 is 33.2 Å². The van der Waals surface area contributed by atoms with Crippen LogP contribution in [0.2, 0.25) is 0 Å². The molecule has 0 radical (unpaired) electrons. The third-order valence-corrected chi connectivity index (χ3v) is 7.28. The van der Waals surface area contributed by atoms with E-state index in [0.717, 1.165) is 19.3 Å². The fraction of sp³-hybridized carbons (Fsp3) is 0.714. The summed E-state index contributed by atoms with van der Waals surface area (Å²) in [5, 5.41) is 10.8. The van der Waals surface area contributed by atoms with Crippen LogP contribution in [0.5, 0.6) is 0 Å². The molecule has 2 aliphatic heterocycles. The van der Waals surface area contributed by atoms with E-state index < -0.39 is 46.9 Å². The summed E-state index contributed by atoms with van der Waals surface area (Å²) in [5.74, 6) is -0.445. The third-order valence-electron chi connectivity index (χ3n) is 6.37. The van der Waals surface area contributed by atoms with E-state index in [4.69, 9.17) is 19.4 Å². The Hall–Kier alpha value is -2.39. The summed E-state index contributed by atoms with van der Waals surface area (Å²) in [7, 11) is -4.39. The van der Waals surface area contributed by atoms with E-state index in [-0.39, 0.29) is 18.8 Å².